The van der Waals surface area contributed by atoms with Gasteiger partial charge in [-0.2, -0.15) is 0 Å². The second-order valence-electron chi connectivity index (χ2n) is 5.49. The average molecular weight is 300 g/mol. The van der Waals surface area contributed by atoms with Crippen molar-refractivity contribution in [1.29, 1.82) is 0 Å². The van der Waals surface area contributed by atoms with Gasteiger partial charge in [-0.05, 0) is 43.0 Å². The van der Waals surface area contributed by atoms with Crippen molar-refractivity contribution in [3.63, 3.8) is 0 Å². The van der Waals surface area contributed by atoms with E-state index in [0.29, 0.717) is 12.5 Å². The van der Waals surface area contributed by atoms with Crippen LogP contribution in [0.5, 0.6) is 0 Å². The minimum Gasteiger partial charge on any atom is -0.359 e. The summed E-state index contributed by atoms with van der Waals surface area (Å²) < 4.78 is 0. The maximum Gasteiger partial charge on any atom is 0.169 e. The van der Waals surface area contributed by atoms with Crippen LogP contribution in [-0.4, -0.2) is 23.1 Å². The fourth-order valence-corrected chi connectivity index (χ4v) is 2.85. The van der Waals surface area contributed by atoms with E-state index in [9.17, 15) is 0 Å². The normalized spacial score (nSPS) is 17.2. The number of nitrogens with zero attached hydrogens (tertiary/aromatic N) is 1. The monoisotopic (exact) mass is 300 g/mol. The minimum absolute atomic E-state index is 0.696. The zero-order valence-electron chi connectivity index (χ0n) is 12.5. The van der Waals surface area contributed by atoms with E-state index in [0.717, 1.165) is 24.6 Å². The number of hydrogen-bond donors (Lipinski definition) is 1. The topological polar surface area (TPSA) is 15.3 Å². The minimum atomic E-state index is 0.696. The van der Waals surface area contributed by atoms with E-state index in [1.165, 1.54) is 18.4 Å². The van der Waals surface area contributed by atoms with Crippen LogP contribution in [-0.2, 0) is 6.54 Å². The molecule has 0 saturated carbocycles. The molecule has 0 spiro atoms. The zero-order valence-corrected chi connectivity index (χ0v) is 13.3. The lowest BCUT2D eigenvalue weighted by atomic mass is 9.94. The fourth-order valence-electron chi connectivity index (χ4n) is 2.63. The van der Waals surface area contributed by atoms with E-state index < -0.39 is 0 Å². The van der Waals surface area contributed by atoms with Crippen molar-refractivity contribution in [2.75, 3.05) is 13.1 Å². The van der Waals surface area contributed by atoms with Gasteiger partial charge in [-0.1, -0.05) is 48.6 Å². The summed E-state index contributed by atoms with van der Waals surface area (Å²) in [4.78, 5) is 2.29. The van der Waals surface area contributed by atoms with Crippen molar-refractivity contribution in [3.8, 4) is 0 Å². The van der Waals surface area contributed by atoms with Gasteiger partial charge in [0.1, 0.15) is 0 Å². The molecule has 2 nitrogen and oxygen atoms in total. The van der Waals surface area contributed by atoms with Gasteiger partial charge in [-0.25, -0.2) is 0 Å². The maximum atomic E-state index is 5.56. The molecule has 0 unspecified atom stereocenters. The predicted molar refractivity (Wildman–Crippen MR) is 94.1 cm³/mol. The zero-order chi connectivity index (χ0) is 14.9. The molecule has 1 atom stereocenters. The summed E-state index contributed by atoms with van der Waals surface area (Å²) in [5, 5.41) is 4.09. The Balaban J connectivity index is 2.00. The van der Waals surface area contributed by atoms with Crippen LogP contribution in [0.4, 0.5) is 0 Å². The van der Waals surface area contributed by atoms with E-state index in [4.69, 9.17) is 12.2 Å². The molecule has 1 N–H and O–H groups in total. The molecule has 0 saturated heterocycles. The molecule has 3 heteroatoms. The maximum absolute atomic E-state index is 5.56. The molecule has 0 bridgehead atoms. The molecule has 0 aromatic heterocycles. The average Bonchev–Trinajstić information content (AvgIpc) is 2.54. The second kappa shape index (κ2) is 8.63. The van der Waals surface area contributed by atoms with Gasteiger partial charge >= 0.3 is 0 Å². The summed E-state index contributed by atoms with van der Waals surface area (Å²) >= 11 is 5.56. The predicted octanol–water partition coefficient (Wildman–Crippen LogP) is 3.91. The highest BCUT2D eigenvalue weighted by molar-refractivity contribution is 7.80. The molecule has 0 radical (unpaired) electrons. The Morgan fingerprint density at radius 2 is 2.14 bits per heavy atom. The highest BCUT2D eigenvalue weighted by Gasteiger charge is 2.17. The molecule has 2 rings (SSSR count). The molecule has 21 heavy (non-hydrogen) atoms. The quantitative estimate of drug-likeness (QED) is 0.633. The van der Waals surface area contributed by atoms with Crippen LogP contribution >= 0.6 is 12.2 Å². The van der Waals surface area contributed by atoms with Gasteiger partial charge in [0.05, 0.1) is 0 Å². The molecule has 1 aliphatic rings. The van der Waals surface area contributed by atoms with Gasteiger partial charge in [0.25, 0.3) is 0 Å². The highest BCUT2D eigenvalue weighted by atomic mass is 32.1. The van der Waals surface area contributed by atoms with Gasteiger partial charge in [0.2, 0.25) is 0 Å². The number of hydrogen-bond acceptors (Lipinski definition) is 1. The summed E-state index contributed by atoms with van der Waals surface area (Å²) in [6.07, 6.45) is 10.0. The Kier molecular flexibility index (Phi) is 6.48. The number of benzene rings is 1. The van der Waals surface area contributed by atoms with Gasteiger partial charge < -0.3 is 10.2 Å². The summed E-state index contributed by atoms with van der Waals surface area (Å²) in [5.74, 6) is 0.696. The third-order valence-electron chi connectivity index (χ3n) is 3.76. The summed E-state index contributed by atoms with van der Waals surface area (Å²) in [7, 11) is 0. The van der Waals surface area contributed by atoms with Crippen LogP contribution in [0.1, 0.15) is 24.8 Å². The fraction of sp³-hybridized carbons (Fsp3) is 0.389. The van der Waals surface area contributed by atoms with E-state index in [1.807, 2.05) is 12.1 Å². The van der Waals surface area contributed by atoms with Crippen LogP contribution in [0, 0.1) is 5.92 Å². The van der Waals surface area contributed by atoms with Crippen LogP contribution in [0.25, 0.3) is 0 Å². The van der Waals surface area contributed by atoms with E-state index >= 15 is 0 Å². The van der Waals surface area contributed by atoms with Gasteiger partial charge in [-0.15, -0.1) is 6.58 Å². The van der Waals surface area contributed by atoms with Crippen molar-refractivity contribution >= 4 is 17.3 Å². The Morgan fingerprint density at radius 1 is 1.33 bits per heavy atom. The lowest BCUT2D eigenvalue weighted by Gasteiger charge is -2.30. The third kappa shape index (κ3) is 5.35. The molecule has 0 aliphatic heterocycles. The lowest BCUT2D eigenvalue weighted by molar-refractivity contribution is 0.313. The van der Waals surface area contributed by atoms with Crippen molar-refractivity contribution in [3.05, 3.63) is 60.7 Å². The summed E-state index contributed by atoms with van der Waals surface area (Å²) in [6.45, 7) is 6.34. The SMILES string of the molecule is C=CCNC(=S)N(Cc1ccccc1)C[C@H]1CC=CCC1. The van der Waals surface area contributed by atoms with Crippen molar-refractivity contribution in [2.45, 2.75) is 25.8 Å². The molecule has 1 aromatic carbocycles. The molecular weight excluding hydrogens is 276 g/mol. The Bertz CT molecular complexity index is 481. The Hall–Kier alpha value is -1.61. The molecular formula is C18H24N2S. The van der Waals surface area contributed by atoms with E-state index in [2.05, 4.69) is 53.2 Å². The molecule has 0 amide bonds. The number of rotatable bonds is 6. The lowest BCUT2D eigenvalue weighted by Crippen LogP contribution is -2.42. The van der Waals surface area contributed by atoms with Crippen LogP contribution in [0.3, 0.4) is 0 Å². The van der Waals surface area contributed by atoms with E-state index in [-0.39, 0.29) is 0 Å². The number of nitrogens with one attached hydrogen (secondary N) is 1. The largest absolute Gasteiger partial charge is 0.359 e. The Labute approximate surface area is 133 Å². The standard InChI is InChI=1S/C18H24N2S/c1-2-13-19-18(21)20(14-16-9-5-3-6-10-16)15-17-11-7-4-8-12-17/h2-7,9-10,17H,1,8,11-15H2,(H,19,21)/t17-/m0/s1. The number of allylic oxidation sites excluding steroid dienone is 2. The van der Waals surface area contributed by atoms with Crippen LogP contribution in [0.15, 0.2) is 55.1 Å². The molecule has 1 aliphatic carbocycles. The Morgan fingerprint density at radius 3 is 2.81 bits per heavy atom. The second-order valence-corrected chi connectivity index (χ2v) is 5.88. The summed E-state index contributed by atoms with van der Waals surface area (Å²) in [6, 6.07) is 10.5. The third-order valence-corrected chi connectivity index (χ3v) is 4.16. The number of thiocarbonyl (C=S) groups is 1. The van der Waals surface area contributed by atoms with Crippen LogP contribution in [0.2, 0.25) is 0 Å². The first-order valence-electron chi connectivity index (χ1n) is 7.62. The van der Waals surface area contributed by atoms with E-state index in [1.54, 1.807) is 0 Å². The van der Waals surface area contributed by atoms with Gasteiger partial charge in [0.15, 0.2) is 5.11 Å². The molecule has 0 fully saturated rings. The first-order valence-corrected chi connectivity index (χ1v) is 8.03. The van der Waals surface area contributed by atoms with Gasteiger partial charge in [-0.3, -0.25) is 0 Å². The van der Waals surface area contributed by atoms with Crippen molar-refractivity contribution < 1.29 is 0 Å². The first kappa shape index (κ1) is 15.8. The van der Waals surface area contributed by atoms with Crippen molar-refractivity contribution in [1.82, 2.24) is 10.2 Å². The smallest absolute Gasteiger partial charge is 0.169 e. The first-order chi connectivity index (χ1) is 10.3. The molecule has 112 valence electrons. The summed E-state index contributed by atoms with van der Waals surface area (Å²) in [5.41, 5.74) is 1.30. The van der Waals surface area contributed by atoms with Crippen LogP contribution < -0.4 is 5.32 Å². The molecule has 0 heterocycles. The highest BCUT2D eigenvalue weighted by Crippen LogP contribution is 2.20. The van der Waals surface area contributed by atoms with Gasteiger partial charge in [0, 0.05) is 19.6 Å². The van der Waals surface area contributed by atoms with Crippen molar-refractivity contribution in [2.24, 2.45) is 5.92 Å². The molecule has 1 aromatic rings.